The normalized spacial score (nSPS) is 19.6. The van der Waals surface area contributed by atoms with Crippen LogP contribution in [-0.4, -0.2) is 10.7 Å². The van der Waals surface area contributed by atoms with Crippen molar-refractivity contribution in [3.05, 3.63) is 11.1 Å². The summed E-state index contributed by atoms with van der Waals surface area (Å²) in [4.78, 5) is 0.940. The van der Waals surface area contributed by atoms with Crippen LogP contribution in [0.15, 0.2) is 11.1 Å². The number of hydrogen-bond acceptors (Lipinski definition) is 2. The summed E-state index contributed by atoms with van der Waals surface area (Å²) in [7, 11) is 0. The molecule has 3 heteroatoms. The van der Waals surface area contributed by atoms with Crippen LogP contribution in [0.2, 0.25) is 0 Å². The average Bonchev–Trinajstić information content (AvgIpc) is 1.64. The van der Waals surface area contributed by atoms with Crippen molar-refractivity contribution in [3.63, 3.8) is 0 Å². The second kappa shape index (κ2) is 2.51. The van der Waals surface area contributed by atoms with E-state index in [2.05, 4.69) is 10.7 Å². The Morgan fingerprint density at radius 3 is 3.00 bits per heavy atom. The molecule has 0 saturated carbocycles. The SMILES string of the molecule is CC1=CSCC(=S)N1. The van der Waals surface area contributed by atoms with Gasteiger partial charge in [0.25, 0.3) is 0 Å². The zero-order valence-corrected chi connectivity index (χ0v) is 6.23. The van der Waals surface area contributed by atoms with Crippen molar-refractivity contribution in [3.8, 4) is 0 Å². The Bertz CT molecular complexity index is 139. The fraction of sp³-hybridized carbons (Fsp3) is 0.400. The predicted octanol–water partition coefficient (Wildman–Crippen LogP) is 1.51. The molecule has 0 aromatic carbocycles. The number of thiocarbonyl (C=S) groups is 1. The van der Waals surface area contributed by atoms with Gasteiger partial charge in [-0.1, -0.05) is 12.2 Å². The Balaban J connectivity index is 2.57. The van der Waals surface area contributed by atoms with Crippen LogP contribution >= 0.6 is 24.0 Å². The Morgan fingerprint density at radius 2 is 2.62 bits per heavy atom. The summed E-state index contributed by atoms with van der Waals surface area (Å²) in [6.07, 6.45) is 0. The first-order valence-corrected chi connectivity index (χ1v) is 3.83. The van der Waals surface area contributed by atoms with Crippen molar-refractivity contribution in [2.24, 2.45) is 0 Å². The third kappa shape index (κ3) is 1.49. The maximum atomic E-state index is 4.91. The lowest BCUT2D eigenvalue weighted by Crippen LogP contribution is -2.23. The van der Waals surface area contributed by atoms with E-state index in [1.807, 2.05) is 6.92 Å². The van der Waals surface area contributed by atoms with Gasteiger partial charge in [-0.3, -0.25) is 0 Å². The van der Waals surface area contributed by atoms with E-state index in [0.717, 1.165) is 16.4 Å². The van der Waals surface area contributed by atoms with Crippen LogP contribution in [0.5, 0.6) is 0 Å². The molecule has 1 heterocycles. The van der Waals surface area contributed by atoms with Crippen LogP contribution < -0.4 is 5.32 Å². The standard InChI is InChI=1S/C5H7NS2/c1-4-2-8-3-5(7)6-4/h2H,3H2,1H3,(H,6,7). The number of nitrogens with one attached hydrogen (secondary N) is 1. The molecule has 0 aromatic heterocycles. The van der Waals surface area contributed by atoms with Crippen LogP contribution in [0.1, 0.15) is 6.92 Å². The maximum absolute atomic E-state index is 4.91. The Morgan fingerprint density at radius 1 is 1.88 bits per heavy atom. The molecule has 0 spiro atoms. The van der Waals surface area contributed by atoms with Gasteiger partial charge in [0.2, 0.25) is 0 Å². The highest BCUT2D eigenvalue weighted by Crippen LogP contribution is 2.10. The molecule has 0 unspecified atom stereocenters. The molecule has 0 bridgehead atoms. The molecule has 0 aliphatic carbocycles. The van der Waals surface area contributed by atoms with Crippen molar-refractivity contribution in [1.29, 1.82) is 0 Å². The molecule has 44 valence electrons. The van der Waals surface area contributed by atoms with E-state index in [4.69, 9.17) is 12.2 Å². The van der Waals surface area contributed by atoms with E-state index in [1.54, 1.807) is 11.8 Å². The van der Waals surface area contributed by atoms with E-state index in [1.165, 1.54) is 0 Å². The van der Waals surface area contributed by atoms with Gasteiger partial charge in [-0.2, -0.15) is 0 Å². The molecule has 0 radical (unpaired) electrons. The monoisotopic (exact) mass is 145 g/mol. The first-order valence-electron chi connectivity index (χ1n) is 2.37. The molecule has 0 amide bonds. The zero-order valence-electron chi connectivity index (χ0n) is 4.60. The molecular weight excluding hydrogens is 138 g/mol. The molecule has 8 heavy (non-hydrogen) atoms. The van der Waals surface area contributed by atoms with Gasteiger partial charge in [-0.15, -0.1) is 11.8 Å². The minimum absolute atomic E-state index is 0.937. The van der Waals surface area contributed by atoms with Crippen LogP contribution in [-0.2, 0) is 0 Å². The van der Waals surface area contributed by atoms with Gasteiger partial charge in [-0.25, -0.2) is 0 Å². The quantitative estimate of drug-likeness (QED) is 0.519. The highest BCUT2D eigenvalue weighted by atomic mass is 32.2. The largest absolute Gasteiger partial charge is 0.353 e. The van der Waals surface area contributed by atoms with Crippen LogP contribution in [0.25, 0.3) is 0 Å². The van der Waals surface area contributed by atoms with Crippen molar-refractivity contribution in [2.45, 2.75) is 6.92 Å². The molecular formula is C5H7NS2. The lowest BCUT2D eigenvalue weighted by molar-refractivity contribution is 1.13. The molecule has 0 aromatic rings. The highest BCUT2D eigenvalue weighted by molar-refractivity contribution is 8.03. The summed E-state index contributed by atoms with van der Waals surface area (Å²) in [6.45, 7) is 2.01. The molecule has 1 aliphatic heterocycles. The van der Waals surface area contributed by atoms with Gasteiger partial charge >= 0.3 is 0 Å². The van der Waals surface area contributed by atoms with Crippen molar-refractivity contribution < 1.29 is 0 Å². The summed E-state index contributed by atoms with van der Waals surface area (Å²) in [5, 5.41) is 5.13. The number of allylic oxidation sites excluding steroid dienone is 1. The molecule has 0 fully saturated rings. The number of rotatable bonds is 0. The van der Waals surface area contributed by atoms with Crippen molar-refractivity contribution in [2.75, 3.05) is 5.75 Å². The Kier molecular flexibility index (Phi) is 1.91. The second-order valence-electron chi connectivity index (χ2n) is 1.66. The minimum atomic E-state index is 0.937. The van der Waals surface area contributed by atoms with Gasteiger partial charge in [0, 0.05) is 11.4 Å². The first kappa shape index (κ1) is 6.11. The summed E-state index contributed by atoms with van der Waals surface area (Å²) in [5.74, 6) is 0.937. The Labute approximate surface area is 58.5 Å². The Hall–Kier alpha value is -0.0200. The molecule has 1 rings (SSSR count). The number of thioether (sulfide) groups is 1. The fourth-order valence-corrected chi connectivity index (χ4v) is 1.51. The average molecular weight is 145 g/mol. The molecule has 1 nitrogen and oxygen atoms in total. The maximum Gasteiger partial charge on any atom is 0.0898 e. The van der Waals surface area contributed by atoms with E-state index in [-0.39, 0.29) is 0 Å². The van der Waals surface area contributed by atoms with Gasteiger partial charge < -0.3 is 5.32 Å². The highest BCUT2D eigenvalue weighted by Gasteiger charge is 2.00. The summed E-state index contributed by atoms with van der Waals surface area (Å²) in [5.41, 5.74) is 1.16. The molecule has 1 N–H and O–H groups in total. The van der Waals surface area contributed by atoms with E-state index in [9.17, 15) is 0 Å². The van der Waals surface area contributed by atoms with E-state index < -0.39 is 0 Å². The van der Waals surface area contributed by atoms with Crippen LogP contribution in [0, 0.1) is 0 Å². The number of hydrogen-bond donors (Lipinski definition) is 1. The summed E-state index contributed by atoms with van der Waals surface area (Å²) in [6, 6.07) is 0. The van der Waals surface area contributed by atoms with Gasteiger partial charge in [0.05, 0.1) is 4.99 Å². The predicted molar refractivity (Wildman–Crippen MR) is 41.9 cm³/mol. The van der Waals surface area contributed by atoms with Gasteiger partial charge in [0.15, 0.2) is 0 Å². The zero-order chi connectivity index (χ0) is 5.98. The lowest BCUT2D eigenvalue weighted by atomic mass is 10.5. The second-order valence-corrected chi connectivity index (χ2v) is 3.01. The van der Waals surface area contributed by atoms with E-state index >= 15 is 0 Å². The smallest absolute Gasteiger partial charge is 0.0898 e. The van der Waals surface area contributed by atoms with E-state index in [0.29, 0.717) is 0 Å². The van der Waals surface area contributed by atoms with Crippen molar-refractivity contribution in [1.82, 2.24) is 5.32 Å². The molecule has 1 aliphatic rings. The van der Waals surface area contributed by atoms with Crippen molar-refractivity contribution >= 4 is 29.0 Å². The first-order chi connectivity index (χ1) is 3.79. The molecule has 0 atom stereocenters. The third-order valence-electron chi connectivity index (χ3n) is 0.811. The summed E-state index contributed by atoms with van der Waals surface area (Å²) < 4.78 is 0. The lowest BCUT2D eigenvalue weighted by Gasteiger charge is -2.11. The third-order valence-corrected chi connectivity index (χ3v) is 2.22. The van der Waals surface area contributed by atoms with Gasteiger partial charge in [-0.05, 0) is 12.3 Å². The topological polar surface area (TPSA) is 12.0 Å². The summed E-state index contributed by atoms with van der Waals surface area (Å²) >= 11 is 6.66. The van der Waals surface area contributed by atoms with Crippen LogP contribution in [0.4, 0.5) is 0 Å². The fourth-order valence-electron chi connectivity index (χ4n) is 0.528. The minimum Gasteiger partial charge on any atom is -0.353 e. The molecule has 0 saturated heterocycles. The van der Waals surface area contributed by atoms with Gasteiger partial charge in [0.1, 0.15) is 0 Å². The van der Waals surface area contributed by atoms with Crippen LogP contribution in [0.3, 0.4) is 0 Å².